The molecular weight excluding hydrogens is 286 g/mol. The van der Waals surface area contributed by atoms with Gasteiger partial charge < -0.3 is 5.32 Å². The van der Waals surface area contributed by atoms with Crippen LogP contribution >= 0.6 is 11.3 Å². The number of H-pyrrole nitrogens is 1. The van der Waals surface area contributed by atoms with E-state index < -0.39 is 0 Å². The number of rotatable bonds is 3. The minimum absolute atomic E-state index is 0.148. The van der Waals surface area contributed by atoms with Crippen LogP contribution in [0.3, 0.4) is 0 Å². The van der Waals surface area contributed by atoms with E-state index in [-0.39, 0.29) is 11.7 Å². The molecule has 2 aliphatic rings. The molecule has 6 nitrogen and oxygen atoms in total. The fourth-order valence-electron chi connectivity index (χ4n) is 2.68. The smallest absolute Gasteiger partial charge is 0.295 e. The number of carbonyl (C=O) groups is 1. The number of aromatic amines is 1. The zero-order valence-corrected chi connectivity index (χ0v) is 12.1. The van der Waals surface area contributed by atoms with Crippen molar-refractivity contribution in [3.8, 4) is 6.07 Å². The third-order valence-electron chi connectivity index (χ3n) is 3.93. The lowest BCUT2D eigenvalue weighted by Gasteiger charge is -2.00. The molecule has 2 aromatic rings. The molecule has 1 fully saturated rings. The zero-order valence-electron chi connectivity index (χ0n) is 11.3. The first-order chi connectivity index (χ1) is 10.3. The van der Waals surface area contributed by atoms with Gasteiger partial charge in [0.15, 0.2) is 0 Å². The fourth-order valence-corrected chi connectivity index (χ4v) is 3.92. The van der Waals surface area contributed by atoms with Gasteiger partial charge in [0, 0.05) is 10.8 Å². The second-order valence-corrected chi connectivity index (χ2v) is 6.55. The third-order valence-corrected chi connectivity index (χ3v) is 5.14. The van der Waals surface area contributed by atoms with E-state index in [0.717, 1.165) is 43.5 Å². The summed E-state index contributed by atoms with van der Waals surface area (Å²) in [6.07, 6.45) is 5.23. The van der Waals surface area contributed by atoms with E-state index in [4.69, 9.17) is 0 Å². The molecule has 7 heteroatoms. The standard InChI is InChI=1S/C14H13N5OS/c15-6-9-8-2-1-3-10(8)21-14(9)17-13(20)12-16-11(18-19-12)7-4-5-7/h7H,1-5H2,(H,17,20)(H,16,18,19). The first kappa shape index (κ1) is 12.5. The Bertz CT molecular complexity index is 765. The highest BCUT2D eigenvalue weighted by molar-refractivity contribution is 7.16. The number of aryl methyl sites for hydroxylation is 1. The van der Waals surface area contributed by atoms with Crippen molar-refractivity contribution in [2.75, 3.05) is 5.32 Å². The molecule has 2 heterocycles. The van der Waals surface area contributed by atoms with Gasteiger partial charge in [0.1, 0.15) is 16.9 Å². The summed E-state index contributed by atoms with van der Waals surface area (Å²) in [5.74, 6) is 1.01. The Kier molecular flexibility index (Phi) is 2.79. The second-order valence-electron chi connectivity index (χ2n) is 5.45. The highest BCUT2D eigenvalue weighted by Gasteiger charge is 2.29. The van der Waals surface area contributed by atoms with Crippen molar-refractivity contribution < 1.29 is 4.79 Å². The number of anilines is 1. The van der Waals surface area contributed by atoms with E-state index >= 15 is 0 Å². The largest absolute Gasteiger partial charge is 0.310 e. The summed E-state index contributed by atoms with van der Waals surface area (Å²) < 4.78 is 0. The van der Waals surface area contributed by atoms with Crippen LogP contribution < -0.4 is 5.32 Å². The maximum Gasteiger partial charge on any atom is 0.295 e. The maximum atomic E-state index is 12.2. The van der Waals surface area contributed by atoms with Crippen LogP contribution in [0.4, 0.5) is 5.00 Å². The molecule has 2 aliphatic carbocycles. The number of amides is 1. The van der Waals surface area contributed by atoms with Crippen LogP contribution in [0.2, 0.25) is 0 Å². The molecule has 0 aromatic carbocycles. The van der Waals surface area contributed by atoms with Gasteiger partial charge in [0.05, 0.1) is 5.56 Å². The van der Waals surface area contributed by atoms with Crippen LogP contribution in [0.1, 0.15) is 57.6 Å². The summed E-state index contributed by atoms with van der Waals surface area (Å²) in [4.78, 5) is 17.7. The van der Waals surface area contributed by atoms with Gasteiger partial charge in [-0.15, -0.1) is 16.4 Å². The van der Waals surface area contributed by atoms with Crippen LogP contribution in [0.25, 0.3) is 0 Å². The summed E-state index contributed by atoms with van der Waals surface area (Å²) in [6.45, 7) is 0. The Morgan fingerprint density at radius 2 is 2.29 bits per heavy atom. The summed E-state index contributed by atoms with van der Waals surface area (Å²) >= 11 is 1.50. The molecule has 0 bridgehead atoms. The number of aromatic nitrogens is 3. The van der Waals surface area contributed by atoms with Gasteiger partial charge in [0.2, 0.25) is 5.82 Å². The van der Waals surface area contributed by atoms with Crippen LogP contribution in [0.15, 0.2) is 0 Å². The molecular formula is C14H13N5OS. The molecule has 0 radical (unpaired) electrons. The quantitative estimate of drug-likeness (QED) is 0.909. The van der Waals surface area contributed by atoms with Crippen LogP contribution in [0.5, 0.6) is 0 Å². The van der Waals surface area contributed by atoms with Crippen molar-refractivity contribution in [3.63, 3.8) is 0 Å². The number of thiophene rings is 1. The summed E-state index contributed by atoms with van der Waals surface area (Å²) in [5.41, 5.74) is 1.71. The van der Waals surface area contributed by atoms with Gasteiger partial charge in [-0.3, -0.25) is 9.89 Å². The number of carbonyl (C=O) groups excluding carboxylic acids is 1. The molecule has 1 saturated carbocycles. The van der Waals surface area contributed by atoms with Crippen molar-refractivity contribution in [2.45, 2.75) is 38.0 Å². The Hall–Kier alpha value is -2.20. The molecule has 0 saturated heterocycles. The zero-order chi connectivity index (χ0) is 14.4. The summed E-state index contributed by atoms with van der Waals surface area (Å²) in [7, 11) is 0. The lowest BCUT2D eigenvalue weighted by atomic mass is 10.1. The van der Waals surface area contributed by atoms with Crippen molar-refractivity contribution in [1.29, 1.82) is 5.26 Å². The number of hydrogen-bond acceptors (Lipinski definition) is 5. The average molecular weight is 299 g/mol. The SMILES string of the molecule is N#Cc1c(NC(=O)c2n[nH]c(C3CC3)n2)sc2c1CCC2. The van der Waals surface area contributed by atoms with Crippen LogP contribution in [-0.2, 0) is 12.8 Å². The number of nitrogens with one attached hydrogen (secondary N) is 2. The monoisotopic (exact) mass is 299 g/mol. The van der Waals surface area contributed by atoms with Gasteiger partial charge in [-0.25, -0.2) is 4.98 Å². The molecule has 2 aromatic heterocycles. The summed E-state index contributed by atoms with van der Waals surface area (Å²) in [6, 6.07) is 2.21. The topological polar surface area (TPSA) is 94.5 Å². The van der Waals surface area contributed by atoms with Gasteiger partial charge in [0.25, 0.3) is 5.91 Å². The Labute approximate surface area is 125 Å². The van der Waals surface area contributed by atoms with E-state index in [9.17, 15) is 10.1 Å². The number of hydrogen-bond donors (Lipinski definition) is 2. The second kappa shape index (κ2) is 4.67. The van der Waals surface area contributed by atoms with Crippen molar-refractivity contribution >= 4 is 22.2 Å². The Morgan fingerprint density at radius 3 is 3.05 bits per heavy atom. The molecule has 4 rings (SSSR count). The van der Waals surface area contributed by atoms with Crippen molar-refractivity contribution in [1.82, 2.24) is 15.2 Å². The molecule has 2 N–H and O–H groups in total. The van der Waals surface area contributed by atoms with E-state index in [1.807, 2.05) is 0 Å². The molecule has 21 heavy (non-hydrogen) atoms. The number of nitriles is 1. The van der Waals surface area contributed by atoms with Crippen LogP contribution in [-0.4, -0.2) is 21.1 Å². The molecule has 1 amide bonds. The normalized spacial score (nSPS) is 16.5. The van der Waals surface area contributed by atoms with Crippen molar-refractivity contribution in [2.24, 2.45) is 0 Å². The minimum Gasteiger partial charge on any atom is -0.310 e. The van der Waals surface area contributed by atoms with Gasteiger partial charge in [-0.2, -0.15) is 5.26 Å². The maximum absolute atomic E-state index is 12.2. The van der Waals surface area contributed by atoms with Crippen molar-refractivity contribution in [3.05, 3.63) is 27.7 Å². The van der Waals surface area contributed by atoms with Crippen LogP contribution in [0, 0.1) is 11.3 Å². The Balaban J connectivity index is 1.57. The molecule has 0 atom stereocenters. The molecule has 0 spiro atoms. The van der Waals surface area contributed by atoms with E-state index in [1.165, 1.54) is 16.2 Å². The predicted octanol–water partition coefficient (Wildman–Crippen LogP) is 2.36. The number of nitrogens with zero attached hydrogens (tertiary/aromatic N) is 3. The Morgan fingerprint density at radius 1 is 1.43 bits per heavy atom. The van der Waals surface area contributed by atoms with Gasteiger partial charge >= 0.3 is 0 Å². The fraction of sp³-hybridized carbons (Fsp3) is 0.429. The lowest BCUT2D eigenvalue weighted by Crippen LogP contribution is -2.13. The minimum atomic E-state index is -0.352. The van der Waals surface area contributed by atoms with Gasteiger partial charge in [-0.1, -0.05) is 0 Å². The third kappa shape index (κ3) is 2.12. The summed E-state index contributed by atoms with van der Waals surface area (Å²) in [5, 5.41) is 19.5. The molecule has 0 aliphatic heterocycles. The highest BCUT2D eigenvalue weighted by atomic mass is 32.1. The highest BCUT2D eigenvalue weighted by Crippen LogP contribution is 2.39. The van der Waals surface area contributed by atoms with E-state index in [0.29, 0.717) is 16.5 Å². The molecule has 0 unspecified atom stereocenters. The van der Waals surface area contributed by atoms with E-state index in [1.54, 1.807) is 0 Å². The number of fused-ring (bicyclic) bond motifs is 1. The van der Waals surface area contributed by atoms with E-state index in [2.05, 4.69) is 26.6 Å². The molecule has 106 valence electrons. The first-order valence-electron chi connectivity index (χ1n) is 7.04. The lowest BCUT2D eigenvalue weighted by molar-refractivity contribution is 0.101. The predicted molar refractivity (Wildman–Crippen MR) is 77.4 cm³/mol. The first-order valence-corrected chi connectivity index (χ1v) is 7.86. The van der Waals surface area contributed by atoms with Gasteiger partial charge in [-0.05, 0) is 37.7 Å². The average Bonchev–Trinajstić information content (AvgIpc) is 2.91.